The molecule has 0 bridgehead atoms. The van der Waals surface area contributed by atoms with Gasteiger partial charge in [-0.1, -0.05) is 23.2 Å². The van der Waals surface area contributed by atoms with Crippen molar-refractivity contribution >= 4 is 39.3 Å². The highest BCUT2D eigenvalue weighted by Gasteiger charge is 2.47. The number of hydrogen-bond acceptors (Lipinski definition) is 4. The minimum Gasteiger partial charge on any atom is -0.441 e. The van der Waals surface area contributed by atoms with E-state index in [0.29, 0.717) is 19.4 Å². The maximum absolute atomic E-state index is 13.3. The highest BCUT2D eigenvalue weighted by atomic mass is 35.5. The summed E-state index contributed by atoms with van der Waals surface area (Å²) in [7, 11) is -2.33. The minimum atomic E-state index is -3.96. The zero-order valence-electron chi connectivity index (χ0n) is 12.8. The van der Waals surface area contributed by atoms with Gasteiger partial charge in [0.25, 0.3) is 0 Å². The van der Waals surface area contributed by atoms with Crippen molar-refractivity contribution in [1.29, 1.82) is 0 Å². The Hall–Kier alpha value is -1.09. The first kappa shape index (κ1) is 17.7. The molecule has 0 aromatic heterocycles. The first-order valence-corrected chi connectivity index (χ1v) is 9.43. The molecule has 6 nitrogen and oxygen atoms in total. The summed E-state index contributed by atoms with van der Waals surface area (Å²) >= 11 is 11.8. The van der Waals surface area contributed by atoms with Gasteiger partial charge in [0.2, 0.25) is 10.0 Å². The summed E-state index contributed by atoms with van der Waals surface area (Å²) in [5.74, 6) is -0.706. The average molecular weight is 397 g/mol. The van der Waals surface area contributed by atoms with Gasteiger partial charge in [0, 0.05) is 33.0 Å². The van der Waals surface area contributed by atoms with Crippen LogP contribution in [-0.4, -0.2) is 56.0 Å². The zero-order chi connectivity index (χ0) is 17.7. The number of piperidine rings is 1. The molecule has 2 fully saturated rings. The molecule has 0 saturated carbocycles. The molecule has 132 valence electrons. The maximum atomic E-state index is 13.3. The molecule has 3 rings (SSSR count). The van der Waals surface area contributed by atoms with Crippen LogP contribution in [0.5, 0.6) is 0 Å². The summed E-state index contributed by atoms with van der Waals surface area (Å²) in [6.07, 6.45) is 0.341. The Bertz CT molecular complexity index is 771. The van der Waals surface area contributed by atoms with Crippen LogP contribution in [-0.2, 0) is 14.8 Å². The number of nitrogens with zero attached hydrogens (tertiary/aromatic N) is 2. The number of sulfonamides is 1. The topological polar surface area (TPSA) is 66.9 Å². The van der Waals surface area contributed by atoms with E-state index in [-0.39, 0.29) is 28.0 Å². The van der Waals surface area contributed by atoms with Crippen LogP contribution in [0.4, 0.5) is 9.18 Å². The number of halogens is 3. The van der Waals surface area contributed by atoms with E-state index in [1.807, 2.05) is 0 Å². The van der Waals surface area contributed by atoms with Crippen molar-refractivity contribution in [1.82, 2.24) is 9.21 Å². The number of amides is 1. The van der Waals surface area contributed by atoms with E-state index in [4.69, 9.17) is 27.9 Å². The summed E-state index contributed by atoms with van der Waals surface area (Å²) in [6, 6.07) is 1.83. The van der Waals surface area contributed by atoms with Crippen LogP contribution >= 0.6 is 23.2 Å². The summed E-state index contributed by atoms with van der Waals surface area (Å²) in [6.45, 7) is 0.749. The van der Waals surface area contributed by atoms with Crippen molar-refractivity contribution in [2.45, 2.75) is 23.3 Å². The van der Waals surface area contributed by atoms with Gasteiger partial charge in [-0.2, -0.15) is 4.31 Å². The normalized spacial score (nSPS) is 21.3. The molecule has 0 N–H and O–H groups in total. The molecular formula is C14H15Cl2FN2O4S. The van der Waals surface area contributed by atoms with Crippen molar-refractivity contribution in [2.24, 2.45) is 0 Å². The summed E-state index contributed by atoms with van der Waals surface area (Å²) in [4.78, 5) is 12.7. The molecule has 24 heavy (non-hydrogen) atoms. The Labute approximate surface area is 149 Å². The molecule has 10 heteroatoms. The number of likely N-dealkylation sites (N-methyl/N-ethyl adjacent to an activating group) is 1. The Morgan fingerprint density at radius 3 is 2.21 bits per heavy atom. The average Bonchev–Trinajstić information content (AvgIpc) is 2.72. The van der Waals surface area contributed by atoms with Crippen LogP contribution in [0.15, 0.2) is 17.0 Å². The van der Waals surface area contributed by atoms with Gasteiger partial charge < -0.3 is 9.64 Å². The fourth-order valence-electron chi connectivity index (χ4n) is 3.09. The first-order valence-electron chi connectivity index (χ1n) is 7.23. The predicted octanol–water partition coefficient (Wildman–Crippen LogP) is 2.74. The molecule has 1 aromatic rings. The van der Waals surface area contributed by atoms with Crippen LogP contribution in [0, 0.1) is 5.82 Å². The number of carbonyl (C=O) groups is 1. The van der Waals surface area contributed by atoms with Crippen molar-refractivity contribution < 1.29 is 22.3 Å². The lowest BCUT2D eigenvalue weighted by atomic mass is 9.92. The smallest absolute Gasteiger partial charge is 0.410 e. The zero-order valence-corrected chi connectivity index (χ0v) is 15.1. The van der Waals surface area contributed by atoms with E-state index in [1.165, 1.54) is 9.21 Å². The van der Waals surface area contributed by atoms with Gasteiger partial charge in [0.15, 0.2) is 0 Å². The van der Waals surface area contributed by atoms with Crippen LogP contribution < -0.4 is 0 Å². The molecule has 2 aliphatic rings. The Balaban J connectivity index is 1.83. The Kier molecular flexibility index (Phi) is 4.44. The number of ether oxygens (including phenoxy) is 1. The quantitative estimate of drug-likeness (QED) is 0.770. The van der Waals surface area contributed by atoms with Gasteiger partial charge in [-0.25, -0.2) is 17.6 Å². The third kappa shape index (κ3) is 2.96. The lowest BCUT2D eigenvalue weighted by molar-refractivity contribution is 0.0172. The van der Waals surface area contributed by atoms with Gasteiger partial charge in [-0.3, -0.25) is 0 Å². The van der Waals surface area contributed by atoms with E-state index in [2.05, 4.69) is 0 Å². The number of rotatable bonds is 2. The van der Waals surface area contributed by atoms with Crippen LogP contribution in [0.25, 0.3) is 0 Å². The molecule has 0 aliphatic carbocycles. The van der Waals surface area contributed by atoms with Crippen molar-refractivity contribution in [3.63, 3.8) is 0 Å². The van der Waals surface area contributed by atoms with E-state index in [9.17, 15) is 17.6 Å². The van der Waals surface area contributed by atoms with Gasteiger partial charge >= 0.3 is 6.09 Å². The van der Waals surface area contributed by atoms with Gasteiger partial charge in [-0.15, -0.1) is 0 Å². The van der Waals surface area contributed by atoms with Gasteiger partial charge in [0.1, 0.15) is 16.3 Å². The Morgan fingerprint density at radius 1 is 1.21 bits per heavy atom. The number of carbonyl (C=O) groups excluding carboxylic acids is 1. The fraction of sp³-hybridized carbons (Fsp3) is 0.500. The lowest BCUT2D eigenvalue weighted by Gasteiger charge is -2.36. The molecule has 2 saturated heterocycles. The number of benzene rings is 1. The van der Waals surface area contributed by atoms with Crippen molar-refractivity contribution in [3.8, 4) is 0 Å². The van der Waals surface area contributed by atoms with E-state index >= 15 is 0 Å². The van der Waals surface area contributed by atoms with Crippen LogP contribution in [0.3, 0.4) is 0 Å². The largest absolute Gasteiger partial charge is 0.441 e. The standard InChI is InChI=1S/C14H15Cl2FN2O4S/c1-18-8-14(23-13(18)20)2-4-19(5-3-14)24(21,22)12-10(15)6-9(17)7-11(12)16/h6-7H,2-5,8H2,1H3. The summed E-state index contributed by atoms with van der Waals surface area (Å²) in [5.41, 5.74) is -0.658. The van der Waals surface area contributed by atoms with Gasteiger partial charge in [-0.05, 0) is 12.1 Å². The third-order valence-electron chi connectivity index (χ3n) is 4.34. The third-order valence-corrected chi connectivity index (χ3v) is 7.16. The monoisotopic (exact) mass is 396 g/mol. The molecule has 0 radical (unpaired) electrons. The molecule has 1 amide bonds. The highest BCUT2D eigenvalue weighted by Crippen LogP contribution is 2.37. The first-order chi connectivity index (χ1) is 11.1. The molecule has 1 spiro atoms. The van der Waals surface area contributed by atoms with Crippen molar-refractivity contribution in [2.75, 3.05) is 26.7 Å². The highest BCUT2D eigenvalue weighted by molar-refractivity contribution is 7.89. The molecule has 0 unspecified atom stereocenters. The van der Waals surface area contributed by atoms with E-state index in [1.54, 1.807) is 7.05 Å². The molecular weight excluding hydrogens is 382 g/mol. The molecule has 2 aliphatic heterocycles. The second-order valence-corrected chi connectivity index (χ2v) is 8.70. The predicted molar refractivity (Wildman–Crippen MR) is 86.3 cm³/mol. The van der Waals surface area contributed by atoms with Gasteiger partial charge in [0.05, 0.1) is 16.6 Å². The molecule has 2 heterocycles. The van der Waals surface area contributed by atoms with E-state index in [0.717, 1.165) is 12.1 Å². The van der Waals surface area contributed by atoms with Crippen molar-refractivity contribution in [3.05, 3.63) is 28.0 Å². The lowest BCUT2D eigenvalue weighted by Crippen LogP contribution is -2.48. The summed E-state index contributed by atoms with van der Waals surface area (Å²) in [5, 5.41) is -0.514. The number of hydrogen-bond donors (Lipinski definition) is 0. The second kappa shape index (κ2) is 6.01. The molecule has 1 aromatic carbocycles. The molecule has 0 atom stereocenters. The van der Waals surface area contributed by atoms with Crippen LogP contribution in [0.2, 0.25) is 10.0 Å². The maximum Gasteiger partial charge on any atom is 0.410 e. The SMILES string of the molecule is CN1CC2(CCN(S(=O)(=O)c3c(Cl)cc(F)cc3Cl)CC2)OC1=O. The van der Waals surface area contributed by atoms with E-state index < -0.39 is 27.5 Å². The minimum absolute atomic E-state index is 0.160. The summed E-state index contributed by atoms with van der Waals surface area (Å²) < 4.78 is 45.5. The Morgan fingerprint density at radius 2 is 1.75 bits per heavy atom. The second-order valence-electron chi connectivity index (χ2n) is 6.01. The fourth-order valence-corrected chi connectivity index (χ4v) is 5.67. The van der Waals surface area contributed by atoms with Crippen LogP contribution in [0.1, 0.15) is 12.8 Å².